The van der Waals surface area contributed by atoms with Gasteiger partial charge in [0.1, 0.15) is 0 Å². The average Bonchev–Trinajstić information content (AvgIpc) is 1.98. The van der Waals surface area contributed by atoms with Crippen molar-refractivity contribution in [1.29, 1.82) is 0 Å². The molecule has 0 atom stereocenters. The largest absolute Gasteiger partial charge is 0.504 e. The lowest BCUT2D eigenvalue weighted by Gasteiger charge is -1.89. The molecule has 1 rings (SSSR count). The predicted molar refractivity (Wildman–Crippen MR) is 30.6 cm³/mol. The summed E-state index contributed by atoms with van der Waals surface area (Å²) in [6.07, 6.45) is 2.95. The van der Waals surface area contributed by atoms with Crippen LogP contribution in [0, 0.1) is 0 Å². The average molecular weight is 110 g/mol. The van der Waals surface area contributed by atoms with Gasteiger partial charge in [0.05, 0.1) is 0 Å². The molecule has 0 radical (unpaired) electrons. The Morgan fingerprint density at radius 1 is 1.25 bits per heavy atom. The van der Waals surface area contributed by atoms with E-state index in [0.29, 0.717) is 5.57 Å². The van der Waals surface area contributed by atoms with Gasteiger partial charge in [-0.1, -0.05) is 6.58 Å². The van der Waals surface area contributed by atoms with Gasteiger partial charge in [-0.15, -0.1) is 0 Å². The quantitative estimate of drug-likeness (QED) is 0.495. The minimum Gasteiger partial charge on any atom is -0.504 e. The highest BCUT2D eigenvalue weighted by Gasteiger charge is 2.07. The number of hydrogen-bond acceptors (Lipinski definition) is 2. The van der Waals surface area contributed by atoms with Crippen molar-refractivity contribution in [3.8, 4) is 0 Å². The van der Waals surface area contributed by atoms with E-state index in [1.807, 2.05) is 0 Å². The van der Waals surface area contributed by atoms with E-state index >= 15 is 0 Å². The van der Waals surface area contributed by atoms with E-state index in [-0.39, 0.29) is 11.5 Å². The first kappa shape index (κ1) is 4.97. The fourth-order valence-electron chi connectivity index (χ4n) is 0.502. The molecule has 0 aliphatic heterocycles. The first-order chi connectivity index (χ1) is 3.72. The van der Waals surface area contributed by atoms with Crippen molar-refractivity contribution in [2.75, 3.05) is 0 Å². The molecule has 0 spiro atoms. The summed E-state index contributed by atoms with van der Waals surface area (Å²) in [6.45, 7) is 3.43. The van der Waals surface area contributed by atoms with Gasteiger partial charge < -0.3 is 10.2 Å². The Bertz CT molecular complexity index is 183. The number of rotatable bonds is 0. The molecule has 0 aromatic rings. The zero-order chi connectivity index (χ0) is 6.15. The number of hydrogen-bond donors (Lipinski definition) is 2. The summed E-state index contributed by atoms with van der Waals surface area (Å²) in [4.78, 5) is 0. The van der Waals surface area contributed by atoms with Crippen LogP contribution in [0.5, 0.6) is 0 Å². The smallest absolute Gasteiger partial charge is 0.164 e. The van der Waals surface area contributed by atoms with Crippen LogP contribution in [0.15, 0.2) is 35.8 Å². The van der Waals surface area contributed by atoms with Crippen molar-refractivity contribution >= 4 is 0 Å². The highest BCUT2D eigenvalue weighted by Crippen LogP contribution is 2.17. The van der Waals surface area contributed by atoms with E-state index in [9.17, 15) is 0 Å². The lowest BCUT2D eigenvalue weighted by molar-refractivity contribution is 0.353. The lowest BCUT2D eigenvalue weighted by atomic mass is 10.3. The summed E-state index contributed by atoms with van der Waals surface area (Å²) in [5, 5.41) is 17.4. The molecule has 0 aromatic heterocycles. The standard InChI is InChI=1S/C6H6O2/c1-4-2-3-5(7)6(4)8/h2-3,7-8H,1H2. The summed E-state index contributed by atoms with van der Waals surface area (Å²) in [5.74, 6) is -0.222. The van der Waals surface area contributed by atoms with Crippen LogP contribution in [0.2, 0.25) is 0 Å². The van der Waals surface area contributed by atoms with E-state index in [0.717, 1.165) is 0 Å². The van der Waals surface area contributed by atoms with E-state index in [4.69, 9.17) is 10.2 Å². The van der Waals surface area contributed by atoms with Gasteiger partial charge in [-0.2, -0.15) is 0 Å². The summed E-state index contributed by atoms with van der Waals surface area (Å²) < 4.78 is 0. The Morgan fingerprint density at radius 2 is 1.88 bits per heavy atom. The van der Waals surface area contributed by atoms with Gasteiger partial charge in [0, 0.05) is 5.57 Å². The van der Waals surface area contributed by atoms with Crippen molar-refractivity contribution in [3.63, 3.8) is 0 Å². The Balaban J connectivity index is 3.02. The van der Waals surface area contributed by atoms with Crippen molar-refractivity contribution in [3.05, 3.63) is 35.8 Å². The first-order valence-electron chi connectivity index (χ1n) is 2.21. The fraction of sp³-hybridized carbons (Fsp3) is 0. The minimum absolute atomic E-state index is 0.102. The second-order valence-electron chi connectivity index (χ2n) is 1.59. The summed E-state index contributed by atoms with van der Waals surface area (Å²) in [5.41, 5.74) is 0.461. The van der Waals surface area contributed by atoms with Gasteiger partial charge in [-0.25, -0.2) is 0 Å². The zero-order valence-electron chi connectivity index (χ0n) is 4.26. The maximum atomic E-state index is 8.73. The molecule has 0 saturated carbocycles. The molecule has 0 saturated heterocycles. The Kier molecular flexibility index (Phi) is 0.870. The van der Waals surface area contributed by atoms with E-state index in [1.54, 1.807) is 6.08 Å². The number of allylic oxidation sites excluding steroid dienone is 2. The van der Waals surface area contributed by atoms with Crippen LogP contribution in [0.4, 0.5) is 0 Å². The third-order valence-electron chi connectivity index (χ3n) is 0.989. The van der Waals surface area contributed by atoms with Crippen LogP contribution in [0.3, 0.4) is 0 Å². The van der Waals surface area contributed by atoms with Crippen LogP contribution in [-0.4, -0.2) is 10.2 Å². The molecule has 0 heterocycles. The minimum atomic E-state index is -0.120. The molecule has 0 fully saturated rings. The Hall–Kier alpha value is -1.18. The van der Waals surface area contributed by atoms with Gasteiger partial charge in [0.2, 0.25) is 0 Å². The van der Waals surface area contributed by atoms with E-state index < -0.39 is 0 Å². The van der Waals surface area contributed by atoms with Gasteiger partial charge >= 0.3 is 0 Å². The van der Waals surface area contributed by atoms with Gasteiger partial charge in [0.25, 0.3) is 0 Å². The van der Waals surface area contributed by atoms with Crippen LogP contribution in [0.1, 0.15) is 0 Å². The Labute approximate surface area is 47.1 Å². The highest BCUT2D eigenvalue weighted by atomic mass is 16.3. The molecule has 0 bridgehead atoms. The van der Waals surface area contributed by atoms with Gasteiger partial charge in [-0.05, 0) is 12.2 Å². The fourth-order valence-corrected chi connectivity index (χ4v) is 0.502. The molecule has 2 N–H and O–H groups in total. The molecule has 0 amide bonds. The molecule has 1 aliphatic rings. The predicted octanol–water partition coefficient (Wildman–Crippen LogP) is 1.44. The highest BCUT2D eigenvalue weighted by molar-refractivity contribution is 5.45. The monoisotopic (exact) mass is 110 g/mol. The van der Waals surface area contributed by atoms with E-state index in [2.05, 4.69) is 6.58 Å². The zero-order valence-corrected chi connectivity index (χ0v) is 4.26. The third-order valence-corrected chi connectivity index (χ3v) is 0.989. The normalized spacial score (nSPS) is 18.2. The summed E-state index contributed by atoms with van der Waals surface area (Å²) >= 11 is 0. The third kappa shape index (κ3) is 0.503. The van der Waals surface area contributed by atoms with Gasteiger partial charge in [0.15, 0.2) is 11.5 Å². The maximum absolute atomic E-state index is 8.73. The number of aliphatic hydroxyl groups is 2. The molecule has 8 heavy (non-hydrogen) atoms. The van der Waals surface area contributed by atoms with Crippen molar-refractivity contribution in [1.82, 2.24) is 0 Å². The first-order valence-corrected chi connectivity index (χ1v) is 2.21. The van der Waals surface area contributed by atoms with E-state index in [1.165, 1.54) is 6.08 Å². The van der Waals surface area contributed by atoms with Crippen molar-refractivity contribution in [2.45, 2.75) is 0 Å². The molecule has 2 nitrogen and oxygen atoms in total. The van der Waals surface area contributed by atoms with Crippen LogP contribution in [-0.2, 0) is 0 Å². The SMILES string of the molecule is C=C1C=CC(O)=C1O. The van der Waals surface area contributed by atoms with Crippen LogP contribution >= 0.6 is 0 Å². The second-order valence-corrected chi connectivity index (χ2v) is 1.59. The second kappa shape index (κ2) is 1.40. The molecule has 0 unspecified atom stereocenters. The molecule has 1 aliphatic carbocycles. The molecule has 0 aromatic carbocycles. The Morgan fingerprint density at radius 3 is 2.00 bits per heavy atom. The number of aliphatic hydroxyl groups excluding tert-OH is 2. The molecular formula is C6H6O2. The summed E-state index contributed by atoms with van der Waals surface area (Å²) in [6, 6.07) is 0. The topological polar surface area (TPSA) is 40.5 Å². The molecule has 42 valence electrons. The van der Waals surface area contributed by atoms with Crippen molar-refractivity contribution in [2.24, 2.45) is 0 Å². The lowest BCUT2D eigenvalue weighted by Crippen LogP contribution is -1.80. The van der Waals surface area contributed by atoms with Crippen LogP contribution < -0.4 is 0 Å². The van der Waals surface area contributed by atoms with Crippen molar-refractivity contribution < 1.29 is 10.2 Å². The van der Waals surface area contributed by atoms with Crippen LogP contribution in [0.25, 0.3) is 0 Å². The van der Waals surface area contributed by atoms with Gasteiger partial charge in [-0.3, -0.25) is 0 Å². The molecule has 2 heteroatoms. The summed E-state index contributed by atoms with van der Waals surface area (Å²) in [7, 11) is 0. The molecular weight excluding hydrogens is 104 g/mol. The maximum Gasteiger partial charge on any atom is 0.164 e.